The van der Waals surface area contributed by atoms with Crippen LogP contribution in [0.25, 0.3) is 0 Å². The van der Waals surface area contributed by atoms with Crippen LogP contribution in [-0.2, 0) is 16.0 Å². The number of rotatable bonds is 5. The highest BCUT2D eigenvalue weighted by molar-refractivity contribution is 5.85. The molecule has 0 radical (unpaired) electrons. The van der Waals surface area contributed by atoms with Gasteiger partial charge in [-0.05, 0) is 18.1 Å². The third kappa shape index (κ3) is 2.64. The fourth-order valence-electron chi connectivity index (χ4n) is 3.20. The highest BCUT2D eigenvalue weighted by Crippen LogP contribution is 2.44. The van der Waals surface area contributed by atoms with Crippen molar-refractivity contribution in [2.24, 2.45) is 0 Å². The summed E-state index contributed by atoms with van der Waals surface area (Å²) in [4.78, 5) is 14.6. The van der Waals surface area contributed by atoms with E-state index in [0.29, 0.717) is 6.42 Å². The summed E-state index contributed by atoms with van der Waals surface area (Å²) in [5.41, 5.74) is 1.86. The summed E-state index contributed by atoms with van der Waals surface area (Å²) in [6.07, 6.45) is 0.692. The van der Waals surface area contributed by atoms with E-state index in [1.807, 2.05) is 36.4 Å². The third-order valence-corrected chi connectivity index (χ3v) is 4.53. The molecule has 2 aromatic carbocycles. The van der Waals surface area contributed by atoms with Gasteiger partial charge in [-0.15, -0.1) is 0 Å². The van der Waals surface area contributed by atoms with Crippen molar-refractivity contribution in [1.82, 2.24) is 4.90 Å². The van der Waals surface area contributed by atoms with E-state index < -0.39 is 5.54 Å². The Kier molecular flexibility index (Phi) is 3.99. The quantitative estimate of drug-likeness (QED) is 0.626. The van der Waals surface area contributed by atoms with Gasteiger partial charge in [0.25, 0.3) is 0 Å². The molecule has 3 unspecified atom stereocenters. The number of ether oxygens (including phenoxy) is 1. The second-order valence-corrected chi connectivity index (χ2v) is 5.90. The molecule has 22 heavy (non-hydrogen) atoms. The molecule has 0 bridgehead atoms. The van der Waals surface area contributed by atoms with Crippen molar-refractivity contribution >= 4 is 5.97 Å². The molecule has 3 nitrogen and oxygen atoms in total. The van der Waals surface area contributed by atoms with Gasteiger partial charge in [-0.25, -0.2) is 4.79 Å². The lowest BCUT2D eigenvalue weighted by Crippen LogP contribution is -2.34. The van der Waals surface area contributed by atoms with E-state index in [1.165, 1.54) is 12.7 Å². The van der Waals surface area contributed by atoms with Gasteiger partial charge in [0.15, 0.2) is 0 Å². The van der Waals surface area contributed by atoms with Crippen LogP contribution >= 0.6 is 0 Å². The second-order valence-electron chi connectivity index (χ2n) is 5.90. The highest BCUT2D eigenvalue weighted by Gasteiger charge is 2.60. The molecule has 0 saturated carbocycles. The van der Waals surface area contributed by atoms with Crippen molar-refractivity contribution in [1.29, 1.82) is 0 Å². The zero-order valence-electron chi connectivity index (χ0n) is 13.0. The molecule has 1 saturated heterocycles. The van der Waals surface area contributed by atoms with Crippen LogP contribution in [0, 0.1) is 0 Å². The first-order valence-electron chi connectivity index (χ1n) is 7.61. The number of hydrogen-bond acceptors (Lipinski definition) is 3. The SMILES string of the molecule is COC(=O)C1(Cc2ccccc2)CN1C(C)c1ccccc1. The van der Waals surface area contributed by atoms with Crippen molar-refractivity contribution in [3.8, 4) is 0 Å². The molecule has 114 valence electrons. The van der Waals surface area contributed by atoms with E-state index in [4.69, 9.17) is 4.74 Å². The second kappa shape index (κ2) is 5.93. The molecule has 0 aromatic heterocycles. The fraction of sp³-hybridized carbons (Fsp3) is 0.316. The smallest absolute Gasteiger partial charge is 0.327 e. The van der Waals surface area contributed by atoms with E-state index in [1.54, 1.807) is 0 Å². The molecular weight excluding hydrogens is 274 g/mol. The van der Waals surface area contributed by atoms with Gasteiger partial charge in [0.1, 0.15) is 5.54 Å². The van der Waals surface area contributed by atoms with Crippen molar-refractivity contribution in [2.75, 3.05) is 13.7 Å². The van der Waals surface area contributed by atoms with Gasteiger partial charge in [0.2, 0.25) is 0 Å². The highest BCUT2D eigenvalue weighted by atomic mass is 16.5. The standard InChI is InChI=1S/C19H21NO2/c1-15(17-11-7-4-8-12-17)20-14-19(20,18(21)22-2)13-16-9-5-3-6-10-16/h3-12,15H,13-14H2,1-2H3. The number of esters is 1. The number of nitrogens with zero attached hydrogens (tertiary/aromatic N) is 1. The van der Waals surface area contributed by atoms with Gasteiger partial charge in [0, 0.05) is 19.0 Å². The van der Waals surface area contributed by atoms with E-state index in [9.17, 15) is 4.79 Å². The van der Waals surface area contributed by atoms with E-state index >= 15 is 0 Å². The first-order valence-corrected chi connectivity index (χ1v) is 7.61. The van der Waals surface area contributed by atoms with Crippen LogP contribution in [0.2, 0.25) is 0 Å². The predicted octanol–water partition coefficient (Wildman–Crippen LogP) is 3.22. The average molecular weight is 295 g/mol. The summed E-state index contributed by atoms with van der Waals surface area (Å²) in [6, 6.07) is 20.6. The molecule has 0 spiro atoms. The molecule has 1 aliphatic rings. The molecule has 0 amide bonds. The first kappa shape index (κ1) is 14.8. The van der Waals surface area contributed by atoms with Crippen LogP contribution in [0.3, 0.4) is 0 Å². The minimum atomic E-state index is -0.522. The molecule has 1 heterocycles. The maximum absolute atomic E-state index is 12.4. The minimum absolute atomic E-state index is 0.140. The van der Waals surface area contributed by atoms with E-state index in [-0.39, 0.29) is 12.0 Å². The molecule has 1 fully saturated rings. The topological polar surface area (TPSA) is 29.3 Å². The Labute approximate surface area is 131 Å². The van der Waals surface area contributed by atoms with Crippen molar-refractivity contribution in [2.45, 2.75) is 24.9 Å². The Bertz CT molecular complexity index is 641. The Morgan fingerprint density at radius 3 is 2.32 bits per heavy atom. The maximum atomic E-state index is 12.4. The molecule has 3 atom stereocenters. The van der Waals surface area contributed by atoms with Crippen LogP contribution in [-0.4, -0.2) is 30.1 Å². The van der Waals surface area contributed by atoms with Gasteiger partial charge in [-0.2, -0.15) is 0 Å². The lowest BCUT2D eigenvalue weighted by Gasteiger charge is -2.21. The number of carbonyl (C=O) groups is 1. The zero-order chi connectivity index (χ0) is 15.6. The lowest BCUT2D eigenvalue weighted by molar-refractivity contribution is -0.145. The van der Waals surface area contributed by atoms with Crippen LogP contribution in [0.15, 0.2) is 60.7 Å². The lowest BCUT2D eigenvalue weighted by atomic mass is 9.98. The minimum Gasteiger partial charge on any atom is -0.468 e. The Morgan fingerprint density at radius 1 is 1.14 bits per heavy atom. The van der Waals surface area contributed by atoms with E-state index in [0.717, 1.165) is 12.1 Å². The Balaban J connectivity index is 1.83. The molecule has 3 heteroatoms. The van der Waals surface area contributed by atoms with Crippen LogP contribution < -0.4 is 0 Å². The number of benzene rings is 2. The monoisotopic (exact) mass is 295 g/mol. The Hall–Kier alpha value is -2.13. The zero-order valence-corrected chi connectivity index (χ0v) is 13.0. The van der Waals surface area contributed by atoms with E-state index in [2.05, 4.69) is 36.1 Å². The summed E-state index contributed by atoms with van der Waals surface area (Å²) in [7, 11) is 1.47. The number of hydrogen-bond donors (Lipinski definition) is 0. The summed E-state index contributed by atoms with van der Waals surface area (Å²) in [5.74, 6) is -0.140. The predicted molar refractivity (Wildman–Crippen MR) is 86.5 cm³/mol. The number of methoxy groups -OCH3 is 1. The van der Waals surface area contributed by atoms with Crippen LogP contribution in [0.5, 0.6) is 0 Å². The molecule has 3 rings (SSSR count). The first-order chi connectivity index (χ1) is 10.7. The number of carbonyl (C=O) groups excluding carboxylic acids is 1. The summed E-state index contributed by atoms with van der Waals surface area (Å²) in [6.45, 7) is 2.88. The largest absolute Gasteiger partial charge is 0.468 e. The van der Waals surface area contributed by atoms with Crippen molar-refractivity contribution in [3.05, 3.63) is 71.8 Å². The van der Waals surface area contributed by atoms with Gasteiger partial charge in [-0.3, -0.25) is 4.90 Å². The maximum Gasteiger partial charge on any atom is 0.327 e. The summed E-state index contributed by atoms with van der Waals surface area (Å²) in [5, 5.41) is 0. The summed E-state index contributed by atoms with van der Waals surface area (Å²) < 4.78 is 5.09. The molecular formula is C19H21NO2. The Morgan fingerprint density at radius 2 is 1.73 bits per heavy atom. The summed E-state index contributed by atoms with van der Waals surface area (Å²) >= 11 is 0. The third-order valence-electron chi connectivity index (χ3n) is 4.53. The van der Waals surface area contributed by atoms with Gasteiger partial charge < -0.3 is 4.74 Å². The average Bonchev–Trinajstić information content (AvgIpc) is 3.30. The van der Waals surface area contributed by atoms with Gasteiger partial charge in [0.05, 0.1) is 7.11 Å². The molecule has 0 aliphatic carbocycles. The van der Waals surface area contributed by atoms with Crippen molar-refractivity contribution in [3.63, 3.8) is 0 Å². The molecule has 2 aromatic rings. The van der Waals surface area contributed by atoms with Crippen molar-refractivity contribution < 1.29 is 9.53 Å². The normalized spacial score (nSPS) is 24.5. The van der Waals surface area contributed by atoms with Crippen LogP contribution in [0.1, 0.15) is 24.1 Å². The molecule has 0 N–H and O–H groups in total. The van der Waals surface area contributed by atoms with Gasteiger partial charge >= 0.3 is 5.97 Å². The fourth-order valence-corrected chi connectivity index (χ4v) is 3.20. The van der Waals surface area contributed by atoms with Gasteiger partial charge in [-0.1, -0.05) is 60.7 Å². The molecule has 1 aliphatic heterocycles. The van der Waals surface area contributed by atoms with Crippen LogP contribution in [0.4, 0.5) is 0 Å².